The number of carboxylic acid groups (broad SMARTS) is 1. The Morgan fingerprint density at radius 2 is 2.07 bits per heavy atom. The van der Waals surface area contributed by atoms with Crippen molar-refractivity contribution in [3.63, 3.8) is 0 Å². The third-order valence-corrected chi connectivity index (χ3v) is 1.88. The summed E-state index contributed by atoms with van der Waals surface area (Å²) in [5.41, 5.74) is -0.901. The number of hydrogen-bond donors (Lipinski definition) is 0. The monoisotopic (exact) mass is 221 g/mol. The van der Waals surface area contributed by atoms with Crippen molar-refractivity contribution in [2.75, 3.05) is 0 Å². The molecular weight excluding hydrogens is 212 g/mol. The molecule has 0 aromatic carbocycles. The molecule has 0 amide bonds. The fourth-order valence-corrected chi connectivity index (χ4v) is 0.850. The van der Waals surface area contributed by atoms with E-state index < -0.39 is 17.2 Å². The van der Waals surface area contributed by atoms with Gasteiger partial charge in [-0.25, -0.2) is 4.39 Å². The molecule has 0 N–H and O–H groups in total. The Morgan fingerprint density at radius 3 is 2.43 bits per heavy atom. The predicted molar refractivity (Wildman–Crippen MR) is 42.2 cm³/mol. The van der Waals surface area contributed by atoms with E-state index in [9.17, 15) is 14.3 Å². The summed E-state index contributed by atoms with van der Waals surface area (Å²) in [7, 11) is 0. The molecular formula is C9H9FKNO2. The molecule has 0 unspecified atom stereocenters. The zero-order valence-corrected chi connectivity index (χ0v) is 11.5. The predicted octanol–water partition coefficient (Wildman–Crippen LogP) is -2.75. The summed E-state index contributed by atoms with van der Waals surface area (Å²) >= 11 is 0. The largest absolute Gasteiger partial charge is 1.00 e. The van der Waals surface area contributed by atoms with Gasteiger partial charge >= 0.3 is 51.4 Å². The van der Waals surface area contributed by atoms with Crippen LogP contribution in [0, 0.1) is 5.82 Å². The fraction of sp³-hybridized carbons (Fsp3) is 0.333. The van der Waals surface area contributed by atoms with E-state index in [-0.39, 0.29) is 57.1 Å². The number of halogens is 1. The van der Waals surface area contributed by atoms with E-state index in [0.717, 1.165) is 6.20 Å². The molecule has 0 fully saturated rings. The van der Waals surface area contributed by atoms with Crippen LogP contribution in [-0.4, -0.2) is 11.0 Å². The first-order valence-corrected chi connectivity index (χ1v) is 3.78. The number of pyridine rings is 1. The summed E-state index contributed by atoms with van der Waals surface area (Å²) in [6.07, 6.45) is 0.986. The summed E-state index contributed by atoms with van der Waals surface area (Å²) < 4.78 is 12.5. The molecule has 14 heavy (non-hydrogen) atoms. The van der Waals surface area contributed by atoms with E-state index in [1.807, 2.05) is 0 Å². The molecule has 1 rings (SSSR count). The maximum Gasteiger partial charge on any atom is 1.00 e. The van der Waals surface area contributed by atoms with Crippen LogP contribution in [-0.2, 0) is 10.2 Å². The molecule has 1 heterocycles. The SMILES string of the molecule is CC(C)(C(=O)[O-])c1ccc(F)cn1.[K+]. The van der Waals surface area contributed by atoms with Crippen molar-refractivity contribution in [2.24, 2.45) is 0 Å². The zero-order chi connectivity index (χ0) is 10.1. The standard InChI is InChI=1S/C9H10FNO2.K/c1-9(2,8(12)13)7-4-3-6(10)5-11-7;/h3-5H,1-2H3,(H,12,13);/q;+1/p-1. The topological polar surface area (TPSA) is 53.0 Å². The Labute approximate surface area is 124 Å². The second-order valence-corrected chi connectivity index (χ2v) is 3.27. The van der Waals surface area contributed by atoms with E-state index in [1.54, 1.807) is 0 Å². The van der Waals surface area contributed by atoms with Gasteiger partial charge in [0.2, 0.25) is 0 Å². The number of aromatic nitrogens is 1. The second kappa shape index (κ2) is 5.32. The van der Waals surface area contributed by atoms with Gasteiger partial charge in [-0.15, -0.1) is 0 Å². The van der Waals surface area contributed by atoms with Crippen LogP contribution in [0.25, 0.3) is 0 Å². The average molecular weight is 221 g/mol. The van der Waals surface area contributed by atoms with Crippen LogP contribution < -0.4 is 56.5 Å². The molecule has 5 heteroatoms. The number of rotatable bonds is 2. The smallest absolute Gasteiger partial charge is 0.549 e. The molecule has 0 spiro atoms. The molecule has 3 nitrogen and oxygen atoms in total. The Bertz CT molecular complexity index is 324. The second-order valence-electron chi connectivity index (χ2n) is 3.27. The zero-order valence-electron chi connectivity index (χ0n) is 8.37. The van der Waals surface area contributed by atoms with Gasteiger partial charge in [-0.05, 0) is 26.0 Å². The molecule has 70 valence electrons. The minimum Gasteiger partial charge on any atom is -0.549 e. The minimum atomic E-state index is -1.23. The van der Waals surface area contributed by atoms with Crippen LogP contribution >= 0.6 is 0 Å². The Kier molecular flexibility index (Phi) is 5.39. The number of carbonyl (C=O) groups excluding carboxylic acids is 1. The van der Waals surface area contributed by atoms with E-state index >= 15 is 0 Å². The van der Waals surface area contributed by atoms with Crippen LogP contribution in [0.3, 0.4) is 0 Å². The number of carbonyl (C=O) groups is 1. The van der Waals surface area contributed by atoms with Gasteiger partial charge in [-0.3, -0.25) is 4.98 Å². The van der Waals surface area contributed by atoms with E-state index in [1.165, 1.54) is 26.0 Å². The normalized spacial score (nSPS) is 10.5. The van der Waals surface area contributed by atoms with Gasteiger partial charge in [0.25, 0.3) is 0 Å². The Balaban J connectivity index is 0.00000169. The van der Waals surface area contributed by atoms with E-state index in [4.69, 9.17) is 0 Å². The number of carboxylic acids is 1. The number of nitrogens with zero attached hydrogens (tertiary/aromatic N) is 1. The number of hydrogen-bond acceptors (Lipinski definition) is 3. The molecule has 1 aromatic heterocycles. The van der Waals surface area contributed by atoms with Crippen molar-refractivity contribution in [1.82, 2.24) is 4.98 Å². The first kappa shape index (κ1) is 14.2. The average Bonchev–Trinajstić information content (AvgIpc) is 2.04. The third-order valence-electron chi connectivity index (χ3n) is 1.88. The fourth-order valence-electron chi connectivity index (χ4n) is 0.850. The molecule has 0 saturated carbocycles. The molecule has 0 bridgehead atoms. The Hall–Kier alpha value is 0.186. The van der Waals surface area contributed by atoms with Crippen LogP contribution in [0.5, 0.6) is 0 Å². The van der Waals surface area contributed by atoms with Crippen molar-refractivity contribution >= 4 is 5.97 Å². The molecule has 0 atom stereocenters. The first-order chi connectivity index (χ1) is 5.94. The van der Waals surface area contributed by atoms with Crippen molar-refractivity contribution in [3.05, 3.63) is 29.8 Å². The summed E-state index contributed by atoms with van der Waals surface area (Å²) in [5.74, 6) is -1.72. The Morgan fingerprint density at radius 1 is 1.50 bits per heavy atom. The maximum atomic E-state index is 12.5. The first-order valence-electron chi connectivity index (χ1n) is 3.78. The molecule has 0 aliphatic carbocycles. The summed E-state index contributed by atoms with van der Waals surface area (Å²) in [6.45, 7) is 2.92. The van der Waals surface area contributed by atoms with Crippen LogP contribution in [0.4, 0.5) is 4.39 Å². The van der Waals surface area contributed by atoms with Crippen molar-refractivity contribution in [1.29, 1.82) is 0 Å². The van der Waals surface area contributed by atoms with Gasteiger partial charge in [-0.1, -0.05) is 0 Å². The van der Waals surface area contributed by atoms with Crippen LogP contribution in [0.15, 0.2) is 18.3 Å². The summed E-state index contributed by atoms with van der Waals surface area (Å²) in [5, 5.41) is 10.7. The van der Waals surface area contributed by atoms with Gasteiger partial charge in [0.1, 0.15) is 5.82 Å². The van der Waals surface area contributed by atoms with Crippen LogP contribution in [0.2, 0.25) is 0 Å². The van der Waals surface area contributed by atoms with Gasteiger partial charge in [0.05, 0.1) is 17.9 Å². The quantitative estimate of drug-likeness (QED) is 0.509. The van der Waals surface area contributed by atoms with Crippen molar-refractivity contribution in [3.8, 4) is 0 Å². The summed E-state index contributed by atoms with van der Waals surface area (Å²) in [6, 6.07) is 2.51. The van der Waals surface area contributed by atoms with Crippen molar-refractivity contribution < 1.29 is 65.7 Å². The van der Waals surface area contributed by atoms with E-state index in [0.29, 0.717) is 0 Å². The van der Waals surface area contributed by atoms with Gasteiger partial charge < -0.3 is 9.90 Å². The van der Waals surface area contributed by atoms with Gasteiger partial charge in [-0.2, -0.15) is 0 Å². The maximum absolute atomic E-state index is 12.5. The summed E-state index contributed by atoms with van der Waals surface area (Å²) in [4.78, 5) is 14.3. The molecule has 1 aromatic rings. The molecule has 0 radical (unpaired) electrons. The van der Waals surface area contributed by atoms with Gasteiger partial charge in [0.15, 0.2) is 0 Å². The van der Waals surface area contributed by atoms with Crippen molar-refractivity contribution in [2.45, 2.75) is 19.3 Å². The molecule has 0 aliphatic heterocycles. The minimum absolute atomic E-state index is 0. The molecule has 0 aliphatic rings. The van der Waals surface area contributed by atoms with Crippen LogP contribution in [0.1, 0.15) is 19.5 Å². The number of aliphatic carboxylic acids is 1. The molecule has 0 saturated heterocycles. The van der Waals surface area contributed by atoms with Gasteiger partial charge in [0, 0.05) is 5.41 Å². The van der Waals surface area contributed by atoms with E-state index in [2.05, 4.69) is 4.98 Å². The third kappa shape index (κ3) is 3.10.